The van der Waals surface area contributed by atoms with Crippen LogP contribution in [0, 0.1) is 0 Å². The van der Waals surface area contributed by atoms with Crippen molar-refractivity contribution in [3.63, 3.8) is 0 Å². The molecule has 3 heterocycles. The molecular formula is C4H4S4. The summed E-state index contributed by atoms with van der Waals surface area (Å²) in [5.74, 6) is 0. The topological polar surface area (TPSA) is 0 Å². The summed E-state index contributed by atoms with van der Waals surface area (Å²) >= 11 is 8.68. The number of rotatable bonds is 0. The Morgan fingerprint density at radius 2 is 0.750 bits per heavy atom. The third-order valence-electron chi connectivity index (χ3n) is 1.36. The minimum atomic E-state index is 0.997. The highest BCUT2D eigenvalue weighted by atomic mass is 32.3. The highest BCUT2D eigenvalue weighted by molar-refractivity contribution is 8.44. The van der Waals surface area contributed by atoms with E-state index in [0.29, 0.717) is 0 Å². The molecule has 0 aromatic carbocycles. The van der Waals surface area contributed by atoms with Gasteiger partial charge >= 0.3 is 0 Å². The lowest BCUT2D eigenvalue weighted by molar-refractivity contribution is 1.41. The number of fused-ring (bicyclic) bond motifs is 2. The Kier molecular flexibility index (Phi) is 0.969. The molecule has 0 aromatic rings. The van der Waals surface area contributed by atoms with Crippen LogP contribution in [0.25, 0.3) is 0 Å². The first kappa shape index (κ1) is 5.10. The van der Waals surface area contributed by atoms with Crippen LogP contribution in [-0.2, 0) is 0 Å². The van der Waals surface area contributed by atoms with Crippen LogP contribution in [-0.4, -0.2) is 18.3 Å². The van der Waals surface area contributed by atoms with E-state index in [4.69, 9.17) is 0 Å². The summed E-state index contributed by atoms with van der Waals surface area (Å²) in [6, 6.07) is 0. The summed E-state index contributed by atoms with van der Waals surface area (Å²) in [5.41, 5.74) is 0. The van der Waals surface area contributed by atoms with Crippen molar-refractivity contribution in [2.24, 2.45) is 0 Å². The van der Waals surface area contributed by atoms with Gasteiger partial charge in [-0.05, 0) is 0 Å². The zero-order valence-electron chi connectivity index (χ0n) is 3.94. The van der Waals surface area contributed by atoms with E-state index in [1.165, 1.54) is 0 Å². The monoisotopic (exact) mass is 180 g/mol. The predicted octanol–water partition coefficient (Wildman–Crippen LogP) is 2.26. The van der Waals surface area contributed by atoms with Gasteiger partial charge in [-0.15, -0.1) is 47.0 Å². The lowest BCUT2D eigenvalue weighted by Crippen LogP contribution is -1.97. The second-order valence-corrected chi connectivity index (χ2v) is 8.36. The molecule has 0 nitrogen and oxygen atoms in total. The second kappa shape index (κ2) is 1.52. The Labute approximate surface area is 65.3 Å². The molecule has 0 amide bonds. The van der Waals surface area contributed by atoms with Crippen molar-refractivity contribution in [3.8, 4) is 0 Å². The van der Waals surface area contributed by atoms with Crippen molar-refractivity contribution in [1.82, 2.24) is 0 Å². The van der Waals surface area contributed by atoms with Gasteiger partial charge in [-0.2, -0.15) is 0 Å². The maximum atomic E-state index is 2.19. The van der Waals surface area contributed by atoms with Gasteiger partial charge in [0.15, 0.2) is 0 Å². The zero-order chi connectivity index (χ0) is 5.14. The molecule has 0 N–H and O–H groups in total. The molecule has 44 valence electrons. The van der Waals surface area contributed by atoms with Crippen LogP contribution in [0.5, 0.6) is 0 Å². The Hall–Kier alpha value is 1.40. The Morgan fingerprint density at radius 1 is 0.500 bits per heavy atom. The largest absolute Gasteiger partial charge is 0.129 e. The molecular weight excluding hydrogens is 176 g/mol. The molecule has 0 saturated carbocycles. The van der Waals surface area contributed by atoms with Crippen LogP contribution in [0.3, 0.4) is 0 Å². The third-order valence-corrected chi connectivity index (χ3v) is 8.76. The molecule has 0 atom stereocenters. The molecule has 3 fully saturated rings. The number of thioether (sulfide) groups is 4. The first-order valence-electron chi connectivity index (χ1n) is 2.55. The summed E-state index contributed by atoms with van der Waals surface area (Å²) < 4.78 is 3.99. The fraction of sp³-hybridized carbons (Fsp3) is 1.00. The van der Waals surface area contributed by atoms with Gasteiger partial charge in [0, 0.05) is 0 Å². The summed E-state index contributed by atoms with van der Waals surface area (Å²) in [5, 5.41) is 0. The molecule has 3 rings (SSSR count). The molecule has 3 saturated heterocycles. The van der Waals surface area contributed by atoms with Gasteiger partial charge in [0.05, 0.1) is 18.3 Å². The molecule has 0 unspecified atom stereocenters. The molecule has 0 radical (unpaired) electrons. The van der Waals surface area contributed by atoms with Crippen LogP contribution in [0.4, 0.5) is 0 Å². The highest BCUT2D eigenvalue weighted by Gasteiger charge is 2.57. The van der Waals surface area contributed by atoms with E-state index in [9.17, 15) is 0 Å². The van der Waals surface area contributed by atoms with Crippen molar-refractivity contribution in [3.05, 3.63) is 0 Å². The predicted molar refractivity (Wildman–Crippen MR) is 45.5 cm³/mol. The molecule has 0 aromatic heterocycles. The van der Waals surface area contributed by atoms with Gasteiger partial charge in [0.2, 0.25) is 0 Å². The molecule has 8 heavy (non-hydrogen) atoms. The standard InChI is InChI=1S/C4H4S4/c5-1-2(5)8-4-3(6-4)7-1/h1-4H. The van der Waals surface area contributed by atoms with E-state index < -0.39 is 0 Å². The maximum Gasteiger partial charge on any atom is 0.0736 e. The average molecular weight is 180 g/mol. The molecule has 4 heteroatoms. The quantitative estimate of drug-likeness (QED) is 0.524. The van der Waals surface area contributed by atoms with Crippen molar-refractivity contribution in [1.29, 1.82) is 0 Å². The molecule has 0 aliphatic carbocycles. The Morgan fingerprint density at radius 3 is 1.00 bits per heavy atom. The van der Waals surface area contributed by atoms with Crippen LogP contribution in [0.1, 0.15) is 0 Å². The third kappa shape index (κ3) is 0.662. The lowest BCUT2D eigenvalue weighted by Gasteiger charge is -2.00. The van der Waals surface area contributed by atoms with E-state index in [0.717, 1.165) is 18.3 Å². The fourth-order valence-corrected chi connectivity index (χ4v) is 8.50. The summed E-state index contributed by atoms with van der Waals surface area (Å²) in [6.07, 6.45) is 0. The highest BCUT2D eigenvalue weighted by Crippen LogP contribution is 2.73. The molecule has 0 bridgehead atoms. The number of hydrogen-bond donors (Lipinski definition) is 0. The van der Waals surface area contributed by atoms with Gasteiger partial charge < -0.3 is 0 Å². The van der Waals surface area contributed by atoms with E-state index in [-0.39, 0.29) is 0 Å². The van der Waals surface area contributed by atoms with Crippen LogP contribution >= 0.6 is 47.0 Å². The van der Waals surface area contributed by atoms with Crippen molar-refractivity contribution in [2.75, 3.05) is 0 Å². The second-order valence-electron chi connectivity index (χ2n) is 2.02. The first-order valence-corrected chi connectivity index (χ1v) is 6.32. The van der Waals surface area contributed by atoms with Crippen molar-refractivity contribution >= 4 is 47.0 Å². The van der Waals surface area contributed by atoms with Crippen molar-refractivity contribution in [2.45, 2.75) is 18.3 Å². The fourth-order valence-electron chi connectivity index (χ4n) is 0.823. The van der Waals surface area contributed by atoms with Gasteiger partial charge in [0.25, 0.3) is 0 Å². The van der Waals surface area contributed by atoms with Crippen molar-refractivity contribution < 1.29 is 0 Å². The van der Waals surface area contributed by atoms with Gasteiger partial charge in [0.1, 0.15) is 0 Å². The molecule has 3 aliphatic rings. The molecule has 3 aliphatic heterocycles. The van der Waals surface area contributed by atoms with E-state index >= 15 is 0 Å². The molecule has 0 spiro atoms. The Bertz CT molecular complexity index is 108. The SMILES string of the molecule is S1C2SC3SC3SC12. The van der Waals surface area contributed by atoms with E-state index in [2.05, 4.69) is 47.0 Å². The summed E-state index contributed by atoms with van der Waals surface area (Å²) in [7, 11) is 0. The maximum absolute atomic E-state index is 2.19. The zero-order valence-corrected chi connectivity index (χ0v) is 7.21. The summed E-state index contributed by atoms with van der Waals surface area (Å²) in [4.78, 5) is 0. The number of hydrogen-bond acceptors (Lipinski definition) is 4. The first-order chi connectivity index (χ1) is 3.93. The van der Waals surface area contributed by atoms with Crippen LogP contribution < -0.4 is 0 Å². The minimum absolute atomic E-state index is 0.997. The van der Waals surface area contributed by atoms with Gasteiger partial charge in [-0.25, -0.2) is 0 Å². The smallest absolute Gasteiger partial charge is 0.0736 e. The minimum Gasteiger partial charge on any atom is -0.129 e. The lowest BCUT2D eigenvalue weighted by atomic mass is 10.9. The Balaban J connectivity index is 1.85. The van der Waals surface area contributed by atoms with E-state index in [1.54, 1.807) is 0 Å². The van der Waals surface area contributed by atoms with Gasteiger partial charge in [-0.1, -0.05) is 0 Å². The summed E-state index contributed by atoms with van der Waals surface area (Å²) in [6.45, 7) is 0. The van der Waals surface area contributed by atoms with E-state index in [1.807, 2.05) is 0 Å². The van der Waals surface area contributed by atoms with Crippen LogP contribution in [0.15, 0.2) is 0 Å². The van der Waals surface area contributed by atoms with Crippen LogP contribution in [0.2, 0.25) is 0 Å². The normalized spacial score (nSPS) is 66.0. The average Bonchev–Trinajstić information content (AvgIpc) is 2.45. The van der Waals surface area contributed by atoms with Gasteiger partial charge in [-0.3, -0.25) is 0 Å².